The number of rotatable bonds is 4. The van der Waals surface area contributed by atoms with Crippen molar-refractivity contribution in [2.45, 2.75) is 12.6 Å². The average molecular weight is 357 g/mol. The highest BCUT2D eigenvalue weighted by Crippen LogP contribution is 2.41. The first-order valence-corrected chi connectivity index (χ1v) is 8.98. The van der Waals surface area contributed by atoms with Gasteiger partial charge in [-0.05, 0) is 17.7 Å². The highest BCUT2D eigenvalue weighted by Gasteiger charge is 2.56. The van der Waals surface area contributed by atoms with Crippen LogP contribution in [0.4, 0.5) is 5.69 Å². The molecular weight excluding hydrogens is 338 g/mol. The summed E-state index contributed by atoms with van der Waals surface area (Å²) in [7, 11) is 0. The summed E-state index contributed by atoms with van der Waals surface area (Å²) in [6.07, 6.45) is 3.17. The lowest BCUT2D eigenvalue weighted by Gasteiger charge is -2.26. The van der Waals surface area contributed by atoms with E-state index in [2.05, 4.69) is 4.90 Å². The maximum atomic E-state index is 13.1. The molecular formula is C22H19N3O2. The molecule has 0 saturated carbocycles. The normalized spacial score (nSPS) is 25.1. The van der Waals surface area contributed by atoms with Gasteiger partial charge in [0.15, 0.2) is 0 Å². The Hall–Kier alpha value is -3.23. The summed E-state index contributed by atoms with van der Waals surface area (Å²) < 4.78 is 0. The monoisotopic (exact) mass is 357 g/mol. The molecule has 134 valence electrons. The molecule has 0 aliphatic carbocycles. The van der Waals surface area contributed by atoms with Gasteiger partial charge in [0.1, 0.15) is 0 Å². The zero-order valence-electron chi connectivity index (χ0n) is 14.7. The van der Waals surface area contributed by atoms with Crippen LogP contribution < -0.4 is 4.90 Å². The van der Waals surface area contributed by atoms with Crippen molar-refractivity contribution >= 4 is 17.5 Å². The van der Waals surface area contributed by atoms with Crippen LogP contribution in [0.15, 0.2) is 72.8 Å². The molecule has 27 heavy (non-hydrogen) atoms. The largest absolute Gasteiger partial charge is 0.291 e. The van der Waals surface area contributed by atoms with Gasteiger partial charge in [0.05, 0.1) is 23.6 Å². The zero-order valence-corrected chi connectivity index (χ0v) is 14.7. The van der Waals surface area contributed by atoms with Crippen LogP contribution in [0.1, 0.15) is 5.56 Å². The molecule has 0 N–H and O–H groups in total. The minimum Gasteiger partial charge on any atom is -0.291 e. The van der Waals surface area contributed by atoms with Crippen molar-refractivity contribution in [1.82, 2.24) is 4.90 Å². The van der Waals surface area contributed by atoms with E-state index in [1.807, 2.05) is 54.6 Å². The van der Waals surface area contributed by atoms with E-state index in [4.69, 9.17) is 5.26 Å². The Morgan fingerprint density at radius 3 is 2.33 bits per heavy atom. The molecule has 2 aliphatic rings. The first kappa shape index (κ1) is 17.2. The van der Waals surface area contributed by atoms with Crippen LogP contribution in [-0.4, -0.2) is 29.3 Å². The molecule has 2 heterocycles. The average Bonchev–Trinajstić information content (AvgIpc) is 3.17. The molecule has 5 heteroatoms. The van der Waals surface area contributed by atoms with Gasteiger partial charge in [0.2, 0.25) is 11.8 Å². The number of amides is 2. The number of benzene rings is 2. The second kappa shape index (κ2) is 7.18. The van der Waals surface area contributed by atoms with Gasteiger partial charge in [-0.25, -0.2) is 4.90 Å². The molecule has 2 aromatic rings. The number of hydrogen-bond donors (Lipinski definition) is 0. The van der Waals surface area contributed by atoms with Gasteiger partial charge in [0.25, 0.3) is 0 Å². The Morgan fingerprint density at radius 1 is 1.00 bits per heavy atom. The van der Waals surface area contributed by atoms with Crippen molar-refractivity contribution in [3.05, 3.63) is 78.4 Å². The number of allylic oxidation sites excluding steroid dienone is 1. The highest BCUT2D eigenvalue weighted by atomic mass is 16.2. The Balaban J connectivity index is 1.64. The van der Waals surface area contributed by atoms with E-state index in [1.54, 1.807) is 18.2 Å². The first-order chi connectivity index (χ1) is 13.2. The molecule has 2 amide bonds. The van der Waals surface area contributed by atoms with Gasteiger partial charge in [-0.3, -0.25) is 14.5 Å². The summed E-state index contributed by atoms with van der Waals surface area (Å²) in [4.78, 5) is 29.6. The molecule has 0 unspecified atom stereocenters. The SMILES string of the molecule is N#C/C=C\[C@H]1[C@H]2C(=O)N(c3ccccc3)C(=O)[C@H]2CN1Cc1ccccc1. The van der Waals surface area contributed by atoms with Crippen LogP contribution in [0.25, 0.3) is 0 Å². The fraction of sp³-hybridized carbons (Fsp3) is 0.227. The molecule has 2 aromatic carbocycles. The van der Waals surface area contributed by atoms with E-state index in [0.29, 0.717) is 18.8 Å². The van der Waals surface area contributed by atoms with Gasteiger partial charge < -0.3 is 0 Å². The van der Waals surface area contributed by atoms with Crippen molar-refractivity contribution in [2.24, 2.45) is 11.8 Å². The predicted molar refractivity (Wildman–Crippen MR) is 101 cm³/mol. The second-order valence-electron chi connectivity index (χ2n) is 6.87. The third-order valence-electron chi connectivity index (χ3n) is 5.31. The molecule has 2 fully saturated rings. The van der Waals surface area contributed by atoms with E-state index < -0.39 is 5.92 Å². The summed E-state index contributed by atoms with van der Waals surface area (Å²) >= 11 is 0. The Labute approximate surface area is 158 Å². The lowest BCUT2D eigenvalue weighted by molar-refractivity contribution is -0.123. The third-order valence-corrected chi connectivity index (χ3v) is 5.31. The minimum atomic E-state index is -0.453. The molecule has 5 nitrogen and oxygen atoms in total. The lowest BCUT2D eigenvalue weighted by atomic mass is 9.93. The first-order valence-electron chi connectivity index (χ1n) is 8.98. The van der Waals surface area contributed by atoms with Crippen molar-refractivity contribution in [1.29, 1.82) is 5.26 Å². The molecule has 0 bridgehead atoms. The summed E-state index contributed by atoms with van der Waals surface area (Å²) in [5, 5.41) is 8.97. The molecule has 2 aliphatic heterocycles. The van der Waals surface area contributed by atoms with Crippen LogP contribution in [-0.2, 0) is 16.1 Å². The van der Waals surface area contributed by atoms with Gasteiger partial charge in [-0.1, -0.05) is 54.6 Å². The minimum absolute atomic E-state index is 0.151. The zero-order chi connectivity index (χ0) is 18.8. The number of hydrogen-bond acceptors (Lipinski definition) is 4. The predicted octanol–water partition coefficient (Wildman–Crippen LogP) is 2.76. The number of carbonyl (C=O) groups excluding carboxylic acids is 2. The second-order valence-corrected chi connectivity index (χ2v) is 6.87. The number of carbonyl (C=O) groups is 2. The van der Waals surface area contributed by atoms with Gasteiger partial charge in [-0.15, -0.1) is 0 Å². The van der Waals surface area contributed by atoms with Crippen molar-refractivity contribution in [2.75, 3.05) is 11.4 Å². The molecule has 0 radical (unpaired) electrons. The summed E-state index contributed by atoms with van der Waals surface area (Å²) in [5.74, 6) is -1.16. The molecule has 0 spiro atoms. The van der Waals surface area contributed by atoms with E-state index >= 15 is 0 Å². The number of nitrogens with zero attached hydrogens (tertiary/aromatic N) is 3. The van der Waals surface area contributed by atoms with Crippen LogP contribution in [0, 0.1) is 23.2 Å². The van der Waals surface area contributed by atoms with Crippen LogP contribution >= 0.6 is 0 Å². The summed E-state index contributed by atoms with van der Waals surface area (Å²) in [5.41, 5.74) is 1.73. The van der Waals surface area contributed by atoms with Crippen molar-refractivity contribution in [3.63, 3.8) is 0 Å². The number of likely N-dealkylation sites (tertiary alicyclic amines) is 1. The fourth-order valence-corrected chi connectivity index (χ4v) is 4.13. The molecule has 4 rings (SSSR count). The van der Waals surface area contributed by atoms with E-state index in [1.165, 1.54) is 11.0 Å². The van der Waals surface area contributed by atoms with Gasteiger partial charge >= 0.3 is 0 Å². The molecule has 2 saturated heterocycles. The van der Waals surface area contributed by atoms with E-state index in [9.17, 15) is 9.59 Å². The Kier molecular flexibility index (Phi) is 4.57. The number of fused-ring (bicyclic) bond motifs is 1. The topological polar surface area (TPSA) is 64.4 Å². The van der Waals surface area contributed by atoms with Crippen LogP contribution in [0.5, 0.6) is 0 Å². The maximum Gasteiger partial charge on any atom is 0.239 e. The lowest BCUT2D eigenvalue weighted by Crippen LogP contribution is -2.39. The Bertz CT molecular complexity index is 918. The standard InChI is InChI=1S/C22H19N3O2/c23-13-7-12-19-20-18(15-24(19)14-16-8-3-1-4-9-16)21(26)25(22(20)27)17-10-5-2-6-11-17/h1-12,18-20H,14-15H2/b12-7-/t18-,19-,20-/m0/s1. The number of anilines is 1. The quantitative estimate of drug-likeness (QED) is 0.623. The van der Waals surface area contributed by atoms with Gasteiger partial charge in [-0.2, -0.15) is 5.26 Å². The number of nitriles is 1. The maximum absolute atomic E-state index is 13.1. The molecule has 3 atom stereocenters. The Morgan fingerprint density at radius 2 is 1.67 bits per heavy atom. The highest BCUT2D eigenvalue weighted by molar-refractivity contribution is 6.22. The van der Waals surface area contributed by atoms with E-state index in [0.717, 1.165) is 5.56 Å². The van der Waals surface area contributed by atoms with Crippen LogP contribution in [0.3, 0.4) is 0 Å². The molecule has 0 aromatic heterocycles. The summed E-state index contributed by atoms with van der Waals surface area (Å²) in [6.45, 7) is 1.15. The summed E-state index contributed by atoms with van der Waals surface area (Å²) in [6, 6.07) is 20.7. The van der Waals surface area contributed by atoms with Gasteiger partial charge in [0, 0.05) is 25.2 Å². The van der Waals surface area contributed by atoms with E-state index in [-0.39, 0.29) is 23.8 Å². The third kappa shape index (κ3) is 3.05. The van der Waals surface area contributed by atoms with Crippen molar-refractivity contribution < 1.29 is 9.59 Å². The smallest absolute Gasteiger partial charge is 0.239 e. The fourth-order valence-electron chi connectivity index (χ4n) is 4.13. The van der Waals surface area contributed by atoms with Crippen LogP contribution in [0.2, 0.25) is 0 Å². The number of imide groups is 1. The number of para-hydroxylation sites is 1. The van der Waals surface area contributed by atoms with Crippen molar-refractivity contribution in [3.8, 4) is 6.07 Å².